The predicted molar refractivity (Wildman–Crippen MR) is 43.3 cm³/mol. The monoisotopic (exact) mass is 152 g/mol. The van der Waals surface area contributed by atoms with Crippen molar-refractivity contribution >= 4 is 0 Å². The molecule has 11 heavy (non-hydrogen) atoms. The molecular weight excluding hydrogens is 140 g/mol. The maximum Gasteiger partial charge on any atom is 0.301 e. The van der Waals surface area contributed by atoms with Crippen molar-refractivity contribution in [1.29, 1.82) is 0 Å². The van der Waals surface area contributed by atoms with Crippen LogP contribution < -0.4 is 4.74 Å². The van der Waals surface area contributed by atoms with E-state index in [-0.39, 0.29) is 0 Å². The zero-order chi connectivity index (χ0) is 8.10. The number of aryl methyl sites for hydroxylation is 1. The third-order valence-electron chi connectivity index (χ3n) is 1.33. The van der Waals surface area contributed by atoms with Crippen molar-refractivity contribution in [2.75, 3.05) is 0 Å². The fourth-order valence-electron chi connectivity index (χ4n) is 0.783. The zero-order valence-corrected chi connectivity index (χ0v) is 6.82. The Bertz CT molecular complexity index is 240. The van der Waals surface area contributed by atoms with E-state index in [4.69, 9.17) is 4.74 Å². The van der Waals surface area contributed by atoms with E-state index in [0.717, 1.165) is 6.54 Å². The van der Waals surface area contributed by atoms with Gasteiger partial charge in [-0.1, -0.05) is 6.08 Å². The highest BCUT2D eigenvalue weighted by Crippen LogP contribution is 2.06. The maximum absolute atomic E-state index is 5.19. The van der Waals surface area contributed by atoms with Gasteiger partial charge >= 0.3 is 6.01 Å². The predicted octanol–water partition coefficient (Wildman–Crippen LogP) is 1.82. The van der Waals surface area contributed by atoms with Gasteiger partial charge in [-0.15, -0.1) is 0 Å². The van der Waals surface area contributed by atoms with Crippen molar-refractivity contribution in [3.63, 3.8) is 0 Å². The SMILES string of the molecule is CC=COc1nccn1CC. The summed E-state index contributed by atoms with van der Waals surface area (Å²) in [5, 5.41) is 0. The van der Waals surface area contributed by atoms with Crippen LogP contribution in [0.3, 0.4) is 0 Å². The van der Waals surface area contributed by atoms with Gasteiger partial charge in [0.2, 0.25) is 0 Å². The lowest BCUT2D eigenvalue weighted by Gasteiger charge is -2.00. The lowest BCUT2D eigenvalue weighted by atomic mass is 10.7. The summed E-state index contributed by atoms with van der Waals surface area (Å²) in [5.74, 6) is 0. The van der Waals surface area contributed by atoms with Crippen molar-refractivity contribution in [2.45, 2.75) is 20.4 Å². The second-order valence-electron chi connectivity index (χ2n) is 2.08. The summed E-state index contributed by atoms with van der Waals surface area (Å²) in [6.45, 7) is 4.83. The zero-order valence-electron chi connectivity index (χ0n) is 6.82. The first kappa shape index (κ1) is 7.85. The van der Waals surface area contributed by atoms with Crippen LogP contribution in [0.2, 0.25) is 0 Å². The standard InChI is InChI=1S/C8H12N2O/c1-3-7-11-8-9-5-6-10(8)4-2/h3,5-7H,4H2,1-2H3. The molecule has 0 spiro atoms. The van der Waals surface area contributed by atoms with Gasteiger partial charge in [0, 0.05) is 18.9 Å². The van der Waals surface area contributed by atoms with Crippen molar-refractivity contribution in [2.24, 2.45) is 0 Å². The molecule has 1 heterocycles. The molecule has 0 atom stereocenters. The van der Waals surface area contributed by atoms with Gasteiger partial charge in [0.1, 0.15) is 0 Å². The summed E-state index contributed by atoms with van der Waals surface area (Å²) in [7, 11) is 0. The lowest BCUT2D eigenvalue weighted by molar-refractivity contribution is 0.413. The van der Waals surface area contributed by atoms with Gasteiger partial charge in [-0.2, -0.15) is 0 Å². The molecule has 3 heteroatoms. The van der Waals surface area contributed by atoms with E-state index in [9.17, 15) is 0 Å². The summed E-state index contributed by atoms with van der Waals surface area (Å²) in [6, 6.07) is 0.644. The highest BCUT2D eigenvalue weighted by Gasteiger charge is 1.97. The van der Waals surface area contributed by atoms with Crippen LogP contribution in [0.15, 0.2) is 24.7 Å². The molecule has 0 aliphatic rings. The topological polar surface area (TPSA) is 27.1 Å². The average Bonchev–Trinajstić information content (AvgIpc) is 2.47. The number of hydrogen-bond acceptors (Lipinski definition) is 2. The first-order valence-corrected chi connectivity index (χ1v) is 3.67. The van der Waals surface area contributed by atoms with Crippen molar-refractivity contribution in [3.8, 4) is 6.01 Å². The first-order chi connectivity index (χ1) is 5.38. The van der Waals surface area contributed by atoms with Gasteiger partial charge in [-0.3, -0.25) is 0 Å². The number of aromatic nitrogens is 2. The molecule has 1 aromatic rings. The number of rotatable bonds is 3. The fourth-order valence-corrected chi connectivity index (χ4v) is 0.783. The van der Waals surface area contributed by atoms with E-state index >= 15 is 0 Å². The first-order valence-electron chi connectivity index (χ1n) is 3.67. The Morgan fingerprint density at radius 2 is 2.55 bits per heavy atom. The molecule has 0 fully saturated rings. The molecule has 3 nitrogen and oxygen atoms in total. The normalized spacial score (nSPS) is 10.7. The van der Waals surface area contributed by atoms with Crippen LogP contribution in [0.1, 0.15) is 13.8 Å². The summed E-state index contributed by atoms with van der Waals surface area (Å²) in [4.78, 5) is 4.01. The van der Waals surface area contributed by atoms with Gasteiger partial charge in [0.25, 0.3) is 0 Å². The minimum absolute atomic E-state index is 0.644. The highest BCUT2D eigenvalue weighted by molar-refractivity contribution is 4.99. The average molecular weight is 152 g/mol. The van der Waals surface area contributed by atoms with Crippen LogP contribution in [0.5, 0.6) is 6.01 Å². The van der Waals surface area contributed by atoms with Crippen LogP contribution >= 0.6 is 0 Å². The van der Waals surface area contributed by atoms with Crippen LogP contribution in [0.25, 0.3) is 0 Å². The molecule has 1 aromatic heterocycles. The van der Waals surface area contributed by atoms with Crippen molar-refractivity contribution < 1.29 is 4.74 Å². The molecule has 0 aliphatic heterocycles. The fraction of sp³-hybridized carbons (Fsp3) is 0.375. The Morgan fingerprint density at radius 1 is 1.73 bits per heavy atom. The molecule has 60 valence electrons. The van der Waals surface area contributed by atoms with E-state index in [1.807, 2.05) is 30.7 Å². The molecule has 0 unspecified atom stereocenters. The molecular formula is C8H12N2O. The van der Waals surface area contributed by atoms with E-state index in [1.54, 1.807) is 12.5 Å². The second-order valence-corrected chi connectivity index (χ2v) is 2.08. The number of imidazole rings is 1. The molecule has 1 rings (SSSR count). The Kier molecular flexibility index (Phi) is 2.72. The van der Waals surface area contributed by atoms with E-state index in [0.29, 0.717) is 6.01 Å². The molecule has 0 amide bonds. The molecule has 0 saturated heterocycles. The summed E-state index contributed by atoms with van der Waals surface area (Å²) in [6.07, 6.45) is 7.06. The molecule has 0 saturated carbocycles. The van der Waals surface area contributed by atoms with E-state index in [1.165, 1.54) is 0 Å². The molecule has 0 radical (unpaired) electrons. The van der Waals surface area contributed by atoms with Gasteiger partial charge in [0.15, 0.2) is 0 Å². The van der Waals surface area contributed by atoms with Gasteiger partial charge in [-0.25, -0.2) is 4.98 Å². The number of hydrogen-bond donors (Lipinski definition) is 0. The molecule has 0 aromatic carbocycles. The van der Waals surface area contributed by atoms with Gasteiger partial charge in [-0.05, 0) is 13.8 Å². The Balaban J connectivity index is 2.68. The minimum Gasteiger partial charge on any atom is -0.434 e. The van der Waals surface area contributed by atoms with Crippen molar-refractivity contribution in [1.82, 2.24) is 9.55 Å². The van der Waals surface area contributed by atoms with E-state index < -0.39 is 0 Å². The van der Waals surface area contributed by atoms with Gasteiger partial charge in [0.05, 0.1) is 6.26 Å². The second kappa shape index (κ2) is 3.81. The third kappa shape index (κ3) is 1.83. The lowest BCUT2D eigenvalue weighted by Crippen LogP contribution is -1.96. The van der Waals surface area contributed by atoms with Crippen LogP contribution in [-0.4, -0.2) is 9.55 Å². The number of allylic oxidation sites excluding steroid dienone is 1. The third-order valence-corrected chi connectivity index (χ3v) is 1.33. The Hall–Kier alpha value is -1.25. The largest absolute Gasteiger partial charge is 0.434 e. The van der Waals surface area contributed by atoms with Crippen LogP contribution in [-0.2, 0) is 6.54 Å². The van der Waals surface area contributed by atoms with Crippen LogP contribution in [0, 0.1) is 0 Å². The highest BCUT2D eigenvalue weighted by atomic mass is 16.5. The summed E-state index contributed by atoms with van der Waals surface area (Å²) in [5.41, 5.74) is 0. The Labute approximate surface area is 66.3 Å². The molecule has 0 bridgehead atoms. The maximum atomic E-state index is 5.19. The molecule has 0 aliphatic carbocycles. The number of ether oxygens (including phenoxy) is 1. The summed E-state index contributed by atoms with van der Waals surface area (Å²) >= 11 is 0. The van der Waals surface area contributed by atoms with Crippen molar-refractivity contribution in [3.05, 3.63) is 24.7 Å². The van der Waals surface area contributed by atoms with Crippen LogP contribution in [0.4, 0.5) is 0 Å². The van der Waals surface area contributed by atoms with Gasteiger partial charge < -0.3 is 9.30 Å². The quantitative estimate of drug-likeness (QED) is 0.618. The smallest absolute Gasteiger partial charge is 0.301 e. The Morgan fingerprint density at radius 3 is 3.18 bits per heavy atom. The molecule has 0 N–H and O–H groups in total. The number of nitrogens with zero attached hydrogens (tertiary/aromatic N) is 2. The van der Waals surface area contributed by atoms with E-state index in [2.05, 4.69) is 4.98 Å². The summed E-state index contributed by atoms with van der Waals surface area (Å²) < 4.78 is 7.12. The minimum atomic E-state index is 0.644.